The van der Waals surface area contributed by atoms with Gasteiger partial charge in [0.15, 0.2) is 5.79 Å². The van der Waals surface area contributed by atoms with Gasteiger partial charge in [-0.3, -0.25) is 9.69 Å². The van der Waals surface area contributed by atoms with Gasteiger partial charge in [0, 0.05) is 44.7 Å². The van der Waals surface area contributed by atoms with Gasteiger partial charge in [-0.1, -0.05) is 18.2 Å². The lowest BCUT2D eigenvalue weighted by molar-refractivity contribution is -0.187. The van der Waals surface area contributed by atoms with Crippen molar-refractivity contribution in [2.24, 2.45) is 0 Å². The first-order chi connectivity index (χ1) is 12.2. The lowest BCUT2D eigenvalue weighted by Gasteiger charge is -2.38. The highest BCUT2D eigenvalue weighted by Gasteiger charge is 2.41. The number of amides is 3. The van der Waals surface area contributed by atoms with Crippen LogP contribution in [0, 0.1) is 0 Å². The van der Waals surface area contributed by atoms with Gasteiger partial charge in [-0.2, -0.15) is 0 Å². The summed E-state index contributed by atoms with van der Waals surface area (Å²) in [6, 6.07) is 9.46. The number of benzene rings is 1. The van der Waals surface area contributed by atoms with Crippen LogP contribution in [0.5, 0.6) is 0 Å². The number of piperidine rings is 1. The maximum absolute atomic E-state index is 12.6. The number of nitrogens with zero attached hydrogens (tertiary/aromatic N) is 3. The zero-order valence-corrected chi connectivity index (χ0v) is 14.2. The lowest BCUT2D eigenvalue weighted by Crippen LogP contribution is -2.50. The van der Waals surface area contributed by atoms with Crippen LogP contribution in [0.25, 0.3) is 0 Å². The number of ether oxygens (including phenoxy) is 2. The minimum atomic E-state index is -0.482. The van der Waals surface area contributed by atoms with Gasteiger partial charge in [-0.05, 0) is 12.1 Å². The number of likely N-dealkylation sites (tertiary alicyclic amines) is 1. The Kier molecular flexibility index (Phi) is 4.35. The molecule has 1 spiro atoms. The van der Waals surface area contributed by atoms with Crippen molar-refractivity contribution >= 4 is 17.6 Å². The summed E-state index contributed by atoms with van der Waals surface area (Å²) in [5, 5.41) is 0. The number of rotatable bonds is 3. The van der Waals surface area contributed by atoms with Crippen molar-refractivity contribution in [2.75, 3.05) is 50.8 Å². The summed E-state index contributed by atoms with van der Waals surface area (Å²) in [7, 11) is 0. The fourth-order valence-corrected chi connectivity index (χ4v) is 3.72. The van der Waals surface area contributed by atoms with Gasteiger partial charge in [-0.25, -0.2) is 4.79 Å². The molecular weight excluding hydrogens is 322 g/mol. The van der Waals surface area contributed by atoms with Crippen LogP contribution in [0.15, 0.2) is 30.3 Å². The number of hydrogen-bond acceptors (Lipinski definition) is 4. The maximum atomic E-state index is 12.6. The molecule has 3 heterocycles. The van der Waals surface area contributed by atoms with Gasteiger partial charge in [0.1, 0.15) is 6.54 Å². The zero-order chi connectivity index (χ0) is 17.3. The third-order valence-corrected chi connectivity index (χ3v) is 5.18. The molecule has 134 valence electrons. The fourth-order valence-electron chi connectivity index (χ4n) is 3.72. The molecular formula is C18H23N3O4. The smallest absolute Gasteiger partial charge is 0.325 e. The summed E-state index contributed by atoms with van der Waals surface area (Å²) in [5.74, 6) is -0.485. The largest absolute Gasteiger partial charge is 0.347 e. The Bertz CT molecular complexity index is 635. The first-order valence-electron chi connectivity index (χ1n) is 8.84. The number of hydrogen-bond donors (Lipinski definition) is 0. The molecule has 0 unspecified atom stereocenters. The molecule has 3 aliphatic rings. The van der Waals surface area contributed by atoms with Gasteiger partial charge >= 0.3 is 6.03 Å². The highest BCUT2D eigenvalue weighted by molar-refractivity contribution is 5.96. The van der Waals surface area contributed by atoms with Crippen molar-refractivity contribution in [1.29, 1.82) is 0 Å². The second kappa shape index (κ2) is 6.65. The second-order valence-electron chi connectivity index (χ2n) is 6.68. The molecule has 4 rings (SSSR count). The SMILES string of the molecule is O=C(CN1CCN(c2ccccc2)C1=O)N1CCC2(CC1)OCCO2. The van der Waals surface area contributed by atoms with Crippen LogP contribution in [0.4, 0.5) is 10.5 Å². The highest BCUT2D eigenvalue weighted by atomic mass is 16.7. The van der Waals surface area contributed by atoms with E-state index in [1.165, 1.54) is 0 Å². The van der Waals surface area contributed by atoms with Crippen LogP contribution in [-0.2, 0) is 14.3 Å². The fraction of sp³-hybridized carbons (Fsp3) is 0.556. The van der Waals surface area contributed by atoms with Crippen molar-refractivity contribution in [3.05, 3.63) is 30.3 Å². The third kappa shape index (κ3) is 3.21. The quantitative estimate of drug-likeness (QED) is 0.828. The van der Waals surface area contributed by atoms with Crippen molar-refractivity contribution in [3.8, 4) is 0 Å². The van der Waals surface area contributed by atoms with Crippen LogP contribution in [0.1, 0.15) is 12.8 Å². The van der Waals surface area contributed by atoms with Gasteiger partial charge < -0.3 is 19.3 Å². The van der Waals surface area contributed by atoms with Crippen LogP contribution in [0.3, 0.4) is 0 Å². The summed E-state index contributed by atoms with van der Waals surface area (Å²) in [6.07, 6.45) is 1.39. The Morgan fingerprint density at radius 3 is 2.36 bits per heavy atom. The first-order valence-corrected chi connectivity index (χ1v) is 8.84. The molecule has 0 N–H and O–H groups in total. The molecule has 1 aromatic carbocycles. The number of urea groups is 1. The van der Waals surface area contributed by atoms with Gasteiger partial charge in [0.2, 0.25) is 5.91 Å². The highest BCUT2D eigenvalue weighted by Crippen LogP contribution is 2.31. The molecule has 1 aromatic rings. The topological polar surface area (TPSA) is 62.3 Å². The number of carbonyl (C=O) groups is 2. The molecule has 0 aromatic heterocycles. The summed E-state index contributed by atoms with van der Waals surface area (Å²) in [4.78, 5) is 30.3. The average Bonchev–Trinajstić information content (AvgIpc) is 3.24. The van der Waals surface area contributed by atoms with E-state index in [0.29, 0.717) is 52.2 Å². The predicted octanol–water partition coefficient (Wildman–Crippen LogP) is 1.29. The summed E-state index contributed by atoms with van der Waals surface area (Å²) in [5.41, 5.74) is 0.873. The van der Waals surface area contributed by atoms with Crippen LogP contribution < -0.4 is 4.90 Å². The Balaban J connectivity index is 1.32. The number of para-hydroxylation sites is 1. The molecule has 0 bridgehead atoms. The maximum Gasteiger partial charge on any atom is 0.325 e. The van der Waals surface area contributed by atoms with Gasteiger partial charge in [0.05, 0.1) is 13.2 Å². The lowest BCUT2D eigenvalue weighted by atomic mass is 10.0. The Labute approximate surface area is 147 Å². The third-order valence-electron chi connectivity index (χ3n) is 5.18. The molecule has 3 aliphatic heterocycles. The Morgan fingerprint density at radius 1 is 1.00 bits per heavy atom. The molecule has 7 nitrogen and oxygen atoms in total. The van der Waals surface area contributed by atoms with Crippen molar-refractivity contribution in [2.45, 2.75) is 18.6 Å². The van der Waals surface area contributed by atoms with E-state index in [-0.39, 0.29) is 18.5 Å². The van der Waals surface area contributed by atoms with E-state index in [9.17, 15) is 9.59 Å². The minimum Gasteiger partial charge on any atom is -0.347 e. The zero-order valence-electron chi connectivity index (χ0n) is 14.2. The van der Waals surface area contributed by atoms with Gasteiger partial charge in [0.25, 0.3) is 0 Å². The molecule has 0 aliphatic carbocycles. The Hall–Kier alpha value is -2.12. The van der Waals surface area contributed by atoms with Crippen LogP contribution in [-0.4, -0.2) is 73.5 Å². The molecule has 3 fully saturated rings. The molecule has 0 radical (unpaired) electrons. The second-order valence-corrected chi connectivity index (χ2v) is 6.68. The summed E-state index contributed by atoms with van der Waals surface area (Å²) in [6.45, 7) is 3.81. The summed E-state index contributed by atoms with van der Waals surface area (Å²) < 4.78 is 11.4. The minimum absolute atomic E-state index is 0.00360. The normalized spacial score (nSPS) is 22.9. The number of anilines is 1. The molecule has 25 heavy (non-hydrogen) atoms. The molecule has 0 atom stereocenters. The predicted molar refractivity (Wildman–Crippen MR) is 91.2 cm³/mol. The van der Waals surface area contributed by atoms with E-state index in [2.05, 4.69) is 0 Å². The first kappa shape index (κ1) is 16.4. The van der Waals surface area contributed by atoms with Crippen LogP contribution >= 0.6 is 0 Å². The monoisotopic (exact) mass is 345 g/mol. The van der Waals surface area contributed by atoms with Crippen molar-refractivity contribution in [3.63, 3.8) is 0 Å². The average molecular weight is 345 g/mol. The molecule has 3 amide bonds. The molecule has 7 heteroatoms. The van der Waals surface area contributed by atoms with Crippen molar-refractivity contribution < 1.29 is 19.1 Å². The van der Waals surface area contributed by atoms with E-state index in [1.807, 2.05) is 35.2 Å². The van der Waals surface area contributed by atoms with E-state index in [0.717, 1.165) is 5.69 Å². The van der Waals surface area contributed by atoms with Gasteiger partial charge in [-0.15, -0.1) is 0 Å². The van der Waals surface area contributed by atoms with E-state index in [1.54, 1.807) is 9.80 Å². The van der Waals surface area contributed by atoms with E-state index in [4.69, 9.17) is 9.47 Å². The van der Waals surface area contributed by atoms with E-state index < -0.39 is 5.79 Å². The molecule has 3 saturated heterocycles. The standard InChI is InChI=1S/C18H23N3O4/c22-16(19-8-6-18(7-9-19)24-12-13-25-18)14-20-10-11-21(17(20)23)15-4-2-1-3-5-15/h1-5H,6-14H2. The number of carbonyl (C=O) groups excluding carboxylic acids is 2. The molecule has 0 saturated carbocycles. The van der Waals surface area contributed by atoms with E-state index >= 15 is 0 Å². The summed E-state index contributed by atoms with van der Waals surface area (Å²) >= 11 is 0. The van der Waals surface area contributed by atoms with Crippen molar-refractivity contribution in [1.82, 2.24) is 9.80 Å². The van der Waals surface area contributed by atoms with Crippen LogP contribution in [0.2, 0.25) is 0 Å². The Morgan fingerprint density at radius 2 is 1.68 bits per heavy atom.